The lowest BCUT2D eigenvalue weighted by Gasteiger charge is -2.15. The van der Waals surface area contributed by atoms with E-state index in [9.17, 15) is 5.11 Å². The number of ether oxygens (including phenoxy) is 1. The Kier molecular flexibility index (Phi) is 3.97. The van der Waals surface area contributed by atoms with Crippen LogP contribution in [0, 0.1) is 0 Å². The summed E-state index contributed by atoms with van der Waals surface area (Å²) in [6.45, 7) is 6.59. The van der Waals surface area contributed by atoms with E-state index >= 15 is 0 Å². The molecule has 0 fully saturated rings. The van der Waals surface area contributed by atoms with Crippen molar-refractivity contribution >= 4 is 14.1 Å². The molecule has 3 heteroatoms. The van der Waals surface area contributed by atoms with E-state index in [1.165, 1.54) is 0 Å². The van der Waals surface area contributed by atoms with Gasteiger partial charge in [-0.25, -0.2) is 0 Å². The molecule has 1 aromatic rings. The van der Waals surface area contributed by atoms with Crippen LogP contribution in [-0.4, -0.2) is 19.4 Å². The van der Waals surface area contributed by atoms with Gasteiger partial charge in [0.1, 0.15) is 0 Å². The molecular weight excluding hydrogens is 204 g/mol. The first-order chi connectivity index (χ1) is 6.97. The second-order valence-corrected chi connectivity index (χ2v) is 10.2. The Bertz CT molecular complexity index is 325. The van der Waals surface area contributed by atoms with Crippen molar-refractivity contribution in [3.63, 3.8) is 0 Å². The van der Waals surface area contributed by atoms with Crippen LogP contribution in [0.15, 0.2) is 36.3 Å². The Morgan fingerprint density at radius 2 is 1.87 bits per heavy atom. The molecule has 0 unspecified atom stereocenters. The van der Waals surface area contributed by atoms with Crippen LogP contribution in [0.5, 0.6) is 0 Å². The second kappa shape index (κ2) is 5.03. The summed E-state index contributed by atoms with van der Waals surface area (Å²) in [4.78, 5) is 0. The van der Waals surface area contributed by atoms with Gasteiger partial charge in [-0.05, 0) is 5.56 Å². The number of aliphatic hydroxyl groups is 1. The van der Waals surface area contributed by atoms with Crippen molar-refractivity contribution in [2.75, 3.05) is 6.23 Å². The summed E-state index contributed by atoms with van der Waals surface area (Å²) in [7, 11) is -1.26. The average molecular weight is 222 g/mol. The van der Waals surface area contributed by atoms with Crippen LogP contribution in [0.3, 0.4) is 0 Å². The van der Waals surface area contributed by atoms with E-state index in [2.05, 4.69) is 19.6 Å². The Hall–Kier alpha value is -1.22. The van der Waals surface area contributed by atoms with E-state index in [-0.39, 0.29) is 5.95 Å². The average Bonchev–Trinajstić information content (AvgIpc) is 2.15. The molecule has 15 heavy (non-hydrogen) atoms. The molecular formula is C12H18O2Si. The van der Waals surface area contributed by atoms with Crippen LogP contribution in [0.4, 0.5) is 0 Å². The monoisotopic (exact) mass is 222 g/mol. The fourth-order valence-corrected chi connectivity index (χ4v) is 1.60. The van der Waals surface area contributed by atoms with Gasteiger partial charge in [0, 0.05) is 6.08 Å². The zero-order valence-electron chi connectivity index (χ0n) is 9.53. The molecule has 0 aliphatic carbocycles. The smallest absolute Gasteiger partial charge is 0.276 e. The molecule has 0 heterocycles. The van der Waals surface area contributed by atoms with E-state index in [0.29, 0.717) is 6.23 Å². The minimum atomic E-state index is -1.26. The van der Waals surface area contributed by atoms with Crippen molar-refractivity contribution in [3.05, 3.63) is 41.8 Å². The van der Waals surface area contributed by atoms with E-state index in [1.54, 1.807) is 6.08 Å². The molecule has 0 spiro atoms. The number of rotatable bonds is 4. The Labute approximate surface area is 92.2 Å². The highest BCUT2D eigenvalue weighted by molar-refractivity contribution is 6.76. The topological polar surface area (TPSA) is 29.5 Å². The minimum absolute atomic E-state index is 0.00336. The van der Waals surface area contributed by atoms with Crippen molar-refractivity contribution in [2.24, 2.45) is 0 Å². The number of benzene rings is 1. The van der Waals surface area contributed by atoms with E-state index in [1.807, 2.05) is 30.3 Å². The standard InChI is InChI=1S/C12H18O2Si/c1-15(2,3)10-14-12(13)9-11-7-5-4-6-8-11/h4-9,13H,10H2,1-3H3/b12-9+. The zero-order chi connectivity index (χ0) is 11.3. The molecule has 82 valence electrons. The molecule has 0 aliphatic heterocycles. The molecule has 1 rings (SSSR count). The van der Waals surface area contributed by atoms with Crippen LogP contribution in [0.1, 0.15) is 5.56 Å². The highest BCUT2D eigenvalue weighted by Gasteiger charge is 2.14. The predicted octanol–water partition coefficient (Wildman–Crippen LogP) is 3.44. The molecule has 0 amide bonds. The maximum atomic E-state index is 9.53. The lowest BCUT2D eigenvalue weighted by Crippen LogP contribution is -2.27. The predicted molar refractivity (Wildman–Crippen MR) is 66.3 cm³/mol. The molecule has 0 aliphatic rings. The molecule has 1 N–H and O–H groups in total. The van der Waals surface area contributed by atoms with Gasteiger partial charge < -0.3 is 9.84 Å². The summed E-state index contributed by atoms with van der Waals surface area (Å²) < 4.78 is 5.29. The molecule has 0 bridgehead atoms. The highest BCUT2D eigenvalue weighted by atomic mass is 28.3. The van der Waals surface area contributed by atoms with Gasteiger partial charge in [-0.2, -0.15) is 0 Å². The van der Waals surface area contributed by atoms with Gasteiger partial charge in [0.25, 0.3) is 5.95 Å². The summed E-state index contributed by atoms with van der Waals surface area (Å²) in [6, 6.07) is 9.65. The molecule has 1 aromatic carbocycles. The molecule has 0 atom stereocenters. The van der Waals surface area contributed by atoms with E-state index in [4.69, 9.17) is 4.74 Å². The molecule has 0 radical (unpaired) electrons. The fraction of sp³-hybridized carbons (Fsp3) is 0.333. The summed E-state index contributed by atoms with van der Waals surface area (Å²) in [5.41, 5.74) is 0.950. The third-order valence-corrected chi connectivity index (χ3v) is 2.75. The first-order valence-electron chi connectivity index (χ1n) is 5.06. The summed E-state index contributed by atoms with van der Waals surface area (Å²) in [5, 5.41) is 9.53. The Morgan fingerprint density at radius 1 is 1.27 bits per heavy atom. The third kappa shape index (κ3) is 5.27. The largest absolute Gasteiger partial charge is 0.481 e. The van der Waals surface area contributed by atoms with Crippen LogP contribution in [-0.2, 0) is 4.74 Å². The van der Waals surface area contributed by atoms with Gasteiger partial charge in [-0.3, -0.25) is 0 Å². The Morgan fingerprint density at radius 3 is 2.40 bits per heavy atom. The first kappa shape index (κ1) is 11.8. The number of aliphatic hydroxyl groups excluding tert-OH is 1. The third-order valence-electron chi connectivity index (χ3n) is 1.74. The number of hydrogen-bond acceptors (Lipinski definition) is 2. The van der Waals surface area contributed by atoms with Crippen LogP contribution < -0.4 is 0 Å². The summed E-state index contributed by atoms with van der Waals surface area (Å²) >= 11 is 0. The quantitative estimate of drug-likeness (QED) is 0.624. The first-order valence-corrected chi connectivity index (χ1v) is 8.77. The molecule has 0 saturated carbocycles. The van der Waals surface area contributed by atoms with Crippen molar-refractivity contribution in [1.82, 2.24) is 0 Å². The molecule has 0 aromatic heterocycles. The Balaban J connectivity index is 2.54. The lowest BCUT2D eigenvalue weighted by molar-refractivity contribution is 0.124. The minimum Gasteiger partial charge on any atom is -0.481 e. The molecule has 2 nitrogen and oxygen atoms in total. The van der Waals surface area contributed by atoms with Crippen molar-refractivity contribution in [2.45, 2.75) is 19.6 Å². The van der Waals surface area contributed by atoms with Gasteiger partial charge in [0.2, 0.25) is 0 Å². The van der Waals surface area contributed by atoms with Gasteiger partial charge in [-0.15, -0.1) is 0 Å². The number of hydrogen-bond donors (Lipinski definition) is 1. The SMILES string of the molecule is C[Si](C)(C)CO/C(O)=C/c1ccccc1. The van der Waals surface area contributed by atoms with Crippen molar-refractivity contribution in [3.8, 4) is 0 Å². The van der Waals surface area contributed by atoms with E-state index < -0.39 is 8.07 Å². The molecule has 0 saturated heterocycles. The van der Waals surface area contributed by atoms with E-state index in [0.717, 1.165) is 5.56 Å². The van der Waals surface area contributed by atoms with Gasteiger partial charge in [0.05, 0.1) is 14.3 Å². The maximum absolute atomic E-state index is 9.53. The van der Waals surface area contributed by atoms with Gasteiger partial charge in [-0.1, -0.05) is 50.0 Å². The van der Waals surface area contributed by atoms with Crippen LogP contribution in [0.2, 0.25) is 19.6 Å². The zero-order valence-corrected chi connectivity index (χ0v) is 10.5. The van der Waals surface area contributed by atoms with Crippen molar-refractivity contribution < 1.29 is 9.84 Å². The van der Waals surface area contributed by atoms with Gasteiger partial charge >= 0.3 is 0 Å². The summed E-state index contributed by atoms with van der Waals surface area (Å²) in [5.74, 6) is 0.00336. The normalized spacial score (nSPS) is 12.6. The second-order valence-electron chi connectivity index (χ2n) is 4.74. The van der Waals surface area contributed by atoms with Gasteiger partial charge in [0.15, 0.2) is 0 Å². The van der Waals surface area contributed by atoms with Crippen LogP contribution in [0.25, 0.3) is 6.08 Å². The fourth-order valence-electron chi connectivity index (χ4n) is 1.02. The summed E-state index contributed by atoms with van der Waals surface area (Å²) in [6.07, 6.45) is 2.28. The highest BCUT2D eigenvalue weighted by Crippen LogP contribution is 2.08. The van der Waals surface area contributed by atoms with Crippen LogP contribution >= 0.6 is 0 Å². The lowest BCUT2D eigenvalue weighted by atomic mass is 10.2. The van der Waals surface area contributed by atoms with Crippen molar-refractivity contribution in [1.29, 1.82) is 0 Å². The maximum Gasteiger partial charge on any atom is 0.276 e.